The largest absolute Gasteiger partial charge is 0.356 e. The number of rotatable bonds is 8. The van der Waals surface area contributed by atoms with E-state index in [2.05, 4.69) is 10.6 Å². The highest BCUT2D eigenvalue weighted by atomic mass is 16.2. The van der Waals surface area contributed by atoms with Crippen LogP contribution in [0.25, 0.3) is 0 Å². The van der Waals surface area contributed by atoms with E-state index in [1.807, 2.05) is 13.8 Å². The summed E-state index contributed by atoms with van der Waals surface area (Å²) in [5.41, 5.74) is 5.28. The first-order chi connectivity index (χ1) is 7.60. The van der Waals surface area contributed by atoms with Gasteiger partial charge in [0.2, 0.25) is 11.8 Å². The Morgan fingerprint density at radius 1 is 1.25 bits per heavy atom. The minimum absolute atomic E-state index is 0.0199. The second-order valence-corrected chi connectivity index (χ2v) is 3.87. The van der Waals surface area contributed by atoms with Crippen molar-refractivity contribution in [2.75, 3.05) is 13.1 Å². The van der Waals surface area contributed by atoms with Crippen molar-refractivity contribution in [2.24, 2.45) is 5.73 Å². The van der Waals surface area contributed by atoms with Crippen LogP contribution in [0.15, 0.2) is 0 Å². The van der Waals surface area contributed by atoms with Gasteiger partial charge in [-0.25, -0.2) is 0 Å². The van der Waals surface area contributed by atoms with Gasteiger partial charge >= 0.3 is 0 Å². The SMILES string of the molecule is CCC(C)NC(=O)CCNC(=O)CCCN. The van der Waals surface area contributed by atoms with Crippen LogP contribution in [0.1, 0.15) is 39.5 Å². The van der Waals surface area contributed by atoms with Crippen molar-refractivity contribution in [1.29, 1.82) is 0 Å². The molecule has 0 spiro atoms. The van der Waals surface area contributed by atoms with Crippen LogP contribution in [-0.4, -0.2) is 30.9 Å². The van der Waals surface area contributed by atoms with Gasteiger partial charge in [-0.1, -0.05) is 6.92 Å². The maximum Gasteiger partial charge on any atom is 0.221 e. The first-order valence-electron chi connectivity index (χ1n) is 5.86. The molecule has 5 nitrogen and oxygen atoms in total. The molecule has 0 aromatic rings. The van der Waals surface area contributed by atoms with Gasteiger partial charge in [0.1, 0.15) is 0 Å². The van der Waals surface area contributed by atoms with Crippen LogP contribution in [0.3, 0.4) is 0 Å². The topological polar surface area (TPSA) is 84.2 Å². The molecule has 0 saturated heterocycles. The van der Waals surface area contributed by atoms with Gasteiger partial charge in [-0.2, -0.15) is 0 Å². The molecule has 0 heterocycles. The van der Waals surface area contributed by atoms with Gasteiger partial charge < -0.3 is 16.4 Å². The Kier molecular flexibility index (Phi) is 8.52. The summed E-state index contributed by atoms with van der Waals surface area (Å²) < 4.78 is 0. The fraction of sp³-hybridized carbons (Fsp3) is 0.818. The summed E-state index contributed by atoms with van der Waals surface area (Å²) in [7, 11) is 0. The smallest absolute Gasteiger partial charge is 0.221 e. The number of hydrogen-bond donors (Lipinski definition) is 3. The average Bonchev–Trinajstić information content (AvgIpc) is 2.26. The predicted octanol–water partition coefficient (Wildman–Crippen LogP) is 0.146. The summed E-state index contributed by atoms with van der Waals surface area (Å²) in [6.45, 7) is 4.88. The molecule has 0 aromatic heterocycles. The van der Waals surface area contributed by atoms with Gasteiger partial charge in [0.25, 0.3) is 0 Å². The van der Waals surface area contributed by atoms with Crippen molar-refractivity contribution < 1.29 is 9.59 Å². The lowest BCUT2D eigenvalue weighted by atomic mass is 10.2. The Bertz CT molecular complexity index is 219. The van der Waals surface area contributed by atoms with Crippen LogP contribution in [0.4, 0.5) is 0 Å². The maximum atomic E-state index is 11.3. The second-order valence-electron chi connectivity index (χ2n) is 3.87. The number of amides is 2. The van der Waals surface area contributed by atoms with Crippen LogP contribution in [0.5, 0.6) is 0 Å². The quantitative estimate of drug-likeness (QED) is 0.554. The van der Waals surface area contributed by atoms with Crippen LogP contribution in [0, 0.1) is 0 Å². The van der Waals surface area contributed by atoms with Crippen molar-refractivity contribution in [3.05, 3.63) is 0 Å². The number of hydrogen-bond acceptors (Lipinski definition) is 3. The summed E-state index contributed by atoms with van der Waals surface area (Å²) in [5, 5.41) is 5.52. The standard InChI is InChI=1S/C11H23N3O2/c1-3-9(2)14-11(16)6-8-13-10(15)5-4-7-12/h9H,3-8,12H2,1-2H3,(H,13,15)(H,14,16). The third kappa shape index (κ3) is 8.23. The summed E-state index contributed by atoms with van der Waals surface area (Å²) in [6, 6.07) is 0.195. The maximum absolute atomic E-state index is 11.3. The molecule has 0 aromatic carbocycles. The molecule has 0 fully saturated rings. The van der Waals surface area contributed by atoms with Crippen molar-refractivity contribution in [3.63, 3.8) is 0 Å². The van der Waals surface area contributed by atoms with Gasteiger partial charge in [-0.15, -0.1) is 0 Å². The number of nitrogens with one attached hydrogen (secondary N) is 2. The average molecular weight is 229 g/mol. The van der Waals surface area contributed by atoms with E-state index >= 15 is 0 Å². The highest BCUT2D eigenvalue weighted by molar-refractivity contribution is 5.79. The van der Waals surface area contributed by atoms with Crippen molar-refractivity contribution >= 4 is 11.8 Å². The molecule has 0 aliphatic carbocycles. The highest BCUT2D eigenvalue weighted by Gasteiger charge is 2.06. The number of carbonyl (C=O) groups excluding carboxylic acids is 2. The van der Waals surface area contributed by atoms with E-state index in [-0.39, 0.29) is 17.9 Å². The minimum Gasteiger partial charge on any atom is -0.356 e. The van der Waals surface area contributed by atoms with E-state index in [1.165, 1.54) is 0 Å². The molecule has 0 aliphatic rings. The molecular weight excluding hydrogens is 206 g/mol. The van der Waals surface area contributed by atoms with Crippen LogP contribution >= 0.6 is 0 Å². The van der Waals surface area contributed by atoms with E-state index in [9.17, 15) is 9.59 Å². The fourth-order valence-electron chi connectivity index (χ4n) is 1.12. The zero-order valence-electron chi connectivity index (χ0n) is 10.2. The van der Waals surface area contributed by atoms with Crippen LogP contribution in [0.2, 0.25) is 0 Å². The zero-order chi connectivity index (χ0) is 12.4. The van der Waals surface area contributed by atoms with Crippen molar-refractivity contribution in [1.82, 2.24) is 10.6 Å². The molecule has 1 atom stereocenters. The summed E-state index contributed by atoms with van der Waals surface area (Å²) in [4.78, 5) is 22.5. The van der Waals surface area contributed by atoms with Crippen LogP contribution < -0.4 is 16.4 Å². The molecule has 5 heteroatoms. The molecule has 0 bridgehead atoms. The first kappa shape index (κ1) is 14.9. The van der Waals surface area contributed by atoms with E-state index < -0.39 is 0 Å². The minimum atomic E-state index is -0.0400. The van der Waals surface area contributed by atoms with Gasteiger partial charge in [0.05, 0.1) is 0 Å². The molecule has 4 N–H and O–H groups in total. The first-order valence-corrected chi connectivity index (χ1v) is 5.86. The predicted molar refractivity (Wildman–Crippen MR) is 63.8 cm³/mol. The molecular formula is C11H23N3O2. The highest BCUT2D eigenvalue weighted by Crippen LogP contribution is 1.90. The Labute approximate surface area is 97.2 Å². The fourth-order valence-corrected chi connectivity index (χ4v) is 1.12. The van der Waals surface area contributed by atoms with E-state index in [0.717, 1.165) is 6.42 Å². The molecule has 0 aliphatic heterocycles. The lowest BCUT2D eigenvalue weighted by molar-refractivity contribution is -0.122. The molecule has 94 valence electrons. The molecule has 0 saturated carbocycles. The monoisotopic (exact) mass is 229 g/mol. The van der Waals surface area contributed by atoms with Gasteiger partial charge in [0.15, 0.2) is 0 Å². The lowest BCUT2D eigenvalue weighted by Gasteiger charge is -2.11. The third-order valence-corrected chi connectivity index (χ3v) is 2.30. The molecule has 1 unspecified atom stereocenters. The molecule has 16 heavy (non-hydrogen) atoms. The molecule has 0 radical (unpaired) electrons. The lowest BCUT2D eigenvalue weighted by Crippen LogP contribution is -2.35. The van der Waals surface area contributed by atoms with E-state index in [1.54, 1.807) is 0 Å². The van der Waals surface area contributed by atoms with Crippen LogP contribution in [-0.2, 0) is 9.59 Å². The normalized spacial score (nSPS) is 11.9. The Hall–Kier alpha value is -1.10. The molecule has 2 amide bonds. The number of carbonyl (C=O) groups is 2. The third-order valence-electron chi connectivity index (χ3n) is 2.30. The Morgan fingerprint density at radius 2 is 1.94 bits per heavy atom. The van der Waals surface area contributed by atoms with Gasteiger partial charge in [-0.05, 0) is 26.3 Å². The molecule has 0 rings (SSSR count). The summed E-state index contributed by atoms with van der Waals surface area (Å²) in [6.07, 6.45) is 2.36. The van der Waals surface area contributed by atoms with E-state index in [4.69, 9.17) is 5.73 Å². The van der Waals surface area contributed by atoms with Crippen molar-refractivity contribution in [2.45, 2.75) is 45.6 Å². The van der Waals surface area contributed by atoms with Crippen molar-refractivity contribution in [3.8, 4) is 0 Å². The zero-order valence-corrected chi connectivity index (χ0v) is 10.2. The Balaban J connectivity index is 3.50. The number of nitrogens with two attached hydrogens (primary N) is 1. The van der Waals surface area contributed by atoms with Gasteiger partial charge in [-0.3, -0.25) is 9.59 Å². The van der Waals surface area contributed by atoms with E-state index in [0.29, 0.717) is 32.4 Å². The van der Waals surface area contributed by atoms with Gasteiger partial charge in [0, 0.05) is 25.4 Å². The summed E-state index contributed by atoms with van der Waals surface area (Å²) in [5.74, 6) is -0.0599. The summed E-state index contributed by atoms with van der Waals surface area (Å²) >= 11 is 0. The second kappa shape index (κ2) is 9.15. The Morgan fingerprint density at radius 3 is 2.50 bits per heavy atom.